The number of ether oxygens (including phenoxy) is 2. The maximum atomic E-state index is 12.7. The van der Waals surface area contributed by atoms with Crippen molar-refractivity contribution < 1.29 is 27.5 Å². The zero-order valence-electron chi connectivity index (χ0n) is 20.5. The number of primary sulfonamides is 1. The van der Waals surface area contributed by atoms with Crippen molar-refractivity contribution in [2.45, 2.75) is 57.0 Å². The summed E-state index contributed by atoms with van der Waals surface area (Å²) in [7, 11) is -2.71. The third-order valence-electron chi connectivity index (χ3n) is 5.13. The van der Waals surface area contributed by atoms with Crippen molar-refractivity contribution >= 4 is 33.5 Å². The molecular formula is C25H33ClN2O6S. The molecule has 0 aliphatic carbocycles. The maximum Gasteiger partial charge on any atom is 0.410 e. The van der Waals surface area contributed by atoms with Crippen LogP contribution in [0.25, 0.3) is 0 Å². The number of nitrogens with two attached hydrogens (primary N) is 1. The van der Waals surface area contributed by atoms with E-state index in [2.05, 4.69) is 0 Å². The third kappa shape index (κ3) is 9.16. The van der Waals surface area contributed by atoms with Gasteiger partial charge in [-0.25, -0.2) is 18.4 Å². The van der Waals surface area contributed by atoms with Gasteiger partial charge in [0.1, 0.15) is 16.2 Å². The standard InChI is InChI=1S/C25H33ClN2O6S/c1-25(2,3)34-24(30)28(16-14-18-9-5-6-10-20(18)26)15-8-7-11-21(29)19-12-13-22(33-4)23(17-19)35(27,31)32/h5-6,9-10,12-13,17H,7-8,11,14-16H2,1-4H3,(H2,27,31,32). The van der Waals surface area contributed by atoms with Gasteiger partial charge in [0, 0.05) is 30.1 Å². The van der Waals surface area contributed by atoms with Gasteiger partial charge in [-0.2, -0.15) is 0 Å². The molecule has 0 saturated carbocycles. The molecule has 0 aliphatic heterocycles. The summed E-state index contributed by atoms with van der Waals surface area (Å²) in [6.07, 6.45) is 1.39. The molecule has 8 nitrogen and oxygen atoms in total. The molecule has 10 heteroatoms. The molecule has 0 spiro atoms. The predicted octanol–water partition coefficient (Wildman–Crippen LogP) is 4.83. The predicted molar refractivity (Wildman–Crippen MR) is 136 cm³/mol. The van der Waals surface area contributed by atoms with Crippen LogP contribution in [-0.4, -0.2) is 51.0 Å². The second-order valence-corrected chi connectivity index (χ2v) is 11.0. The van der Waals surface area contributed by atoms with Crippen molar-refractivity contribution in [2.24, 2.45) is 5.14 Å². The Balaban J connectivity index is 2.00. The number of Topliss-reactive ketones (excluding diaryl/α,β-unsaturated/α-hetero) is 1. The number of hydrogen-bond acceptors (Lipinski definition) is 6. The van der Waals surface area contributed by atoms with E-state index < -0.39 is 21.7 Å². The SMILES string of the molecule is COc1ccc(C(=O)CCCCN(CCc2ccccc2Cl)C(=O)OC(C)(C)C)cc1S(N)(=O)=O. The average Bonchev–Trinajstić information content (AvgIpc) is 2.77. The number of unbranched alkanes of at least 4 members (excludes halogenated alkanes) is 1. The number of methoxy groups -OCH3 is 1. The zero-order chi connectivity index (χ0) is 26.2. The van der Waals surface area contributed by atoms with Crippen LogP contribution in [0.5, 0.6) is 5.75 Å². The van der Waals surface area contributed by atoms with Crippen LogP contribution >= 0.6 is 11.6 Å². The first-order chi connectivity index (χ1) is 16.3. The van der Waals surface area contributed by atoms with Gasteiger partial charge in [0.2, 0.25) is 10.0 Å². The minimum atomic E-state index is -4.04. The van der Waals surface area contributed by atoms with Crippen LogP contribution < -0.4 is 9.88 Å². The van der Waals surface area contributed by atoms with Crippen LogP contribution in [0.4, 0.5) is 4.79 Å². The summed E-state index contributed by atoms with van der Waals surface area (Å²) in [5.41, 5.74) is 0.533. The highest BCUT2D eigenvalue weighted by molar-refractivity contribution is 7.89. The van der Waals surface area contributed by atoms with Gasteiger partial charge in [-0.1, -0.05) is 29.8 Å². The summed E-state index contributed by atoms with van der Waals surface area (Å²) in [5.74, 6) is -0.145. The van der Waals surface area contributed by atoms with Crippen LogP contribution in [0.3, 0.4) is 0 Å². The van der Waals surface area contributed by atoms with E-state index in [4.69, 9.17) is 26.2 Å². The lowest BCUT2D eigenvalue weighted by Crippen LogP contribution is -2.38. The summed E-state index contributed by atoms with van der Waals surface area (Å²) in [4.78, 5) is 26.8. The van der Waals surface area contributed by atoms with E-state index in [1.54, 1.807) is 31.7 Å². The first kappa shape index (κ1) is 28.6. The Morgan fingerprint density at radius 2 is 1.74 bits per heavy atom. The molecule has 1 amide bonds. The van der Waals surface area contributed by atoms with Crippen LogP contribution in [0, 0.1) is 0 Å². The Morgan fingerprint density at radius 1 is 1.06 bits per heavy atom. The fraction of sp³-hybridized carbons (Fsp3) is 0.440. The highest BCUT2D eigenvalue weighted by atomic mass is 35.5. The van der Waals surface area contributed by atoms with E-state index in [-0.39, 0.29) is 28.4 Å². The van der Waals surface area contributed by atoms with Crippen molar-refractivity contribution in [3.05, 3.63) is 58.6 Å². The van der Waals surface area contributed by atoms with Gasteiger partial charge in [0.15, 0.2) is 5.78 Å². The van der Waals surface area contributed by atoms with E-state index in [9.17, 15) is 18.0 Å². The fourth-order valence-corrected chi connectivity index (χ4v) is 4.34. The lowest BCUT2D eigenvalue weighted by atomic mass is 10.1. The minimum absolute atomic E-state index is 0.0792. The number of halogens is 1. The van der Waals surface area contributed by atoms with Crippen LogP contribution in [0.1, 0.15) is 56.0 Å². The Kier molecular flexibility index (Phi) is 10.1. The first-order valence-electron chi connectivity index (χ1n) is 11.3. The molecule has 0 heterocycles. The molecule has 0 aromatic heterocycles. The van der Waals surface area contributed by atoms with Crippen molar-refractivity contribution in [1.82, 2.24) is 4.90 Å². The molecule has 0 saturated heterocycles. The monoisotopic (exact) mass is 524 g/mol. The molecule has 2 N–H and O–H groups in total. The van der Waals surface area contributed by atoms with Crippen molar-refractivity contribution in [1.29, 1.82) is 0 Å². The first-order valence-corrected chi connectivity index (χ1v) is 13.2. The molecule has 0 fully saturated rings. The van der Waals surface area contributed by atoms with Gasteiger partial charge < -0.3 is 14.4 Å². The Labute approximate surface area is 212 Å². The second-order valence-electron chi connectivity index (χ2n) is 9.10. The third-order valence-corrected chi connectivity index (χ3v) is 6.44. The van der Waals surface area contributed by atoms with E-state index in [0.717, 1.165) is 5.56 Å². The molecule has 2 rings (SSSR count). The number of carbonyl (C=O) groups excluding carboxylic acids is 2. The number of sulfonamides is 1. The highest BCUT2D eigenvalue weighted by Gasteiger charge is 2.22. The maximum absolute atomic E-state index is 12.7. The highest BCUT2D eigenvalue weighted by Crippen LogP contribution is 2.25. The number of hydrogen-bond donors (Lipinski definition) is 1. The van der Waals surface area contributed by atoms with E-state index in [1.165, 1.54) is 25.3 Å². The molecule has 0 radical (unpaired) electrons. The Morgan fingerprint density at radius 3 is 2.34 bits per heavy atom. The van der Waals surface area contributed by atoms with Gasteiger partial charge in [0.05, 0.1) is 7.11 Å². The van der Waals surface area contributed by atoms with Gasteiger partial charge in [-0.3, -0.25) is 4.79 Å². The summed E-state index contributed by atoms with van der Waals surface area (Å²) >= 11 is 6.25. The molecule has 2 aromatic carbocycles. The lowest BCUT2D eigenvalue weighted by molar-refractivity contribution is 0.0249. The van der Waals surface area contributed by atoms with Crippen molar-refractivity contribution in [3.8, 4) is 5.75 Å². The van der Waals surface area contributed by atoms with Gasteiger partial charge >= 0.3 is 6.09 Å². The molecule has 0 bridgehead atoms. The molecule has 2 aromatic rings. The van der Waals surface area contributed by atoms with E-state index in [1.807, 2.05) is 18.2 Å². The smallest absolute Gasteiger partial charge is 0.410 e. The summed E-state index contributed by atoms with van der Waals surface area (Å²) < 4.78 is 34.2. The quantitative estimate of drug-likeness (QED) is 0.332. The zero-order valence-corrected chi connectivity index (χ0v) is 22.1. The molecule has 0 unspecified atom stereocenters. The Bertz CT molecular complexity index is 1140. The number of carbonyl (C=O) groups is 2. The normalized spacial score (nSPS) is 11.7. The van der Waals surface area contributed by atoms with Crippen LogP contribution in [0.15, 0.2) is 47.4 Å². The van der Waals surface area contributed by atoms with Crippen LogP contribution in [-0.2, 0) is 21.2 Å². The topological polar surface area (TPSA) is 116 Å². The summed E-state index contributed by atoms with van der Waals surface area (Å²) in [6, 6.07) is 11.6. The fourth-order valence-electron chi connectivity index (χ4n) is 3.38. The number of benzene rings is 2. The van der Waals surface area contributed by atoms with Gasteiger partial charge in [-0.15, -0.1) is 0 Å². The van der Waals surface area contributed by atoms with Crippen molar-refractivity contribution in [2.75, 3.05) is 20.2 Å². The van der Waals surface area contributed by atoms with E-state index >= 15 is 0 Å². The average molecular weight is 525 g/mol. The van der Waals surface area contributed by atoms with Crippen LogP contribution in [0.2, 0.25) is 5.02 Å². The lowest BCUT2D eigenvalue weighted by Gasteiger charge is -2.27. The van der Waals surface area contributed by atoms with Gasteiger partial charge in [0.25, 0.3) is 0 Å². The number of amides is 1. The number of nitrogens with zero attached hydrogens (tertiary/aromatic N) is 1. The van der Waals surface area contributed by atoms with Crippen molar-refractivity contribution in [3.63, 3.8) is 0 Å². The summed E-state index contributed by atoms with van der Waals surface area (Å²) in [5, 5.41) is 5.87. The number of ketones is 1. The second kappa shape index (κ2) is 12.4. The molecular weight excluding hydrogens is 492 g/mol. The number of rotatable bonds is 11. The van der Waals surface area contributed by atoms with E-state index in [0.29, 0.717) is 37.4 Å². The molecule has 192 valence electrons. The Hall–Kier alpha value is -2.62. The largest absolute Gasteiger partial charge is 0.495 e. The molecule has 0 atom stereocenters. The summed E-state index contributed by atoms with van der Waals surface area (Å²) in [6.45, 7) is 6.24. The molecule has 0 aliphatic rings. The van der Waals surface area contributed by atoms with Gasteiger partial charge in [-0.05, 0) is 69.9 Å². The molecule has 35 heavy (non-hydrogen) atoms. The minimum Gasteiger partial charge on any atom is -0.495 e.